The summed E-state index contributed by atoms with van der Waals surface area (Å²) in [6, 6.07) is 15.0. The van der Waals surface area contributed by atoms with Gasteiger partial charge in [0, 0.05) is 18.8 Å². The van der Waals surface area contributed by atoms with E-state index in [0.717, 1.165) is 24.3 Å². The van der Waals surface area contributed by atoms with Gasteiger partial charge in [0.1, 0.15) is 11.5 Å². The number of hydrogen-bond donors (Lipinski definition) is 2. The molecule has 1 saturated heterocycles. The van der Waals surface area contributed by atoms with Gasteiger partial charge in [-0.25, -0.2) is 4.79 Å². The zero-order valence-corrected chi connectivity index (χ0v) is 18.3. The fourth-order valence-corrected chi connectivity index (χ4v) is 3.14. The fourth-order valence-electron chi connectivity index (χ4n) is 3.14. The Morgan fingerprint density at radius 1 is 1.10 bits per heavy atom. The maximum absolute atomic E-state index is 10.9. The molecule has 164 valence electrons. The zero-order valence-electron chi connectivity index (χ0n) is 18.3. The molecule has 2 aromatic carbocycles. The third kappa shape index (κ3) is 7.85. The summed E-state index contributed by atoms with van der Waals surface area (Å²) in [5.74, 6) is 1.20. The highest BCUT2D eigenvalue weighted by Crippen LogP contribution is 2.23. The molecule has 0 radical (unpaired) electrons. The molecular weight excluding hydrogens is 380 g/mol. The predicted octanol–water partition coefficient (Wildman–Crippen LogP) is 5.27. The zero-order chi connectivity index (χ0) is 21.8. The number of rotatable bonds is 7. The van der Waals surface area contributed by atoms with Crippen LogP contribution in [0.1, 0.15) is 51.1 Å². The van der Waals surface area contributed by atoms with E-state index in [1.807, 2.05) is 6.92 Å². The third-order valence-corrected chi connectivity index (χ3v) is 4.99. The standard InChI is InChI=1S/C14H21NO.C10H13NO3/c1-2-3-12-16-14-8-6-13(7-9-14)15-10-4-5-11-15;1-7(11-10(13)14-2)8-3-5-9(12)6-4-8/h6-9H,2-5,10-12H2,1H3;3-7,12H,1-2H3,(H,11,13). The van der Waals surface area contributed by atoms with Crippen LogP contribution in [0.4, 0.5) is 10.5 Å². The number of nitrogens with zero attached hydrogens (tertiary/aromatic N) is 1. The van der Waals surface area contributed by atoms with Gasteiger partial charge in [0.15, 0.2) is 0 Å². The number of ether oxygens (including phenoxy) is 2. The monoisotopic (exact) mass is 414 g/mol. The van der Waals surface area contributed by atoms with Gasteiger partial charge >= 0.3 is 6.09 Å². The number of carbonyl (C=O) groups excluding carboxylic acids is 1. The van der Waals surface area contributed by atoms with Crippen molar-refractivity contribution in [3.63, 3.8) is 0 Å². The number of anilines is 1. The normalized spacial score (nSPS) is 13.8. The molecule has 3 rings (SSSR count). The molecule has 1 atom stereocenters. The van der Waals surface area contributed by atoms with Gasteiger partial charge in [-0.2, -0.15) is 0 Å². The largest absolute Gasteiger partial charge is 0.508 e. The lowest BCUT2D eigenvalue weighted by Crippen LogP contribution is -2.26. The molecule has 6 heteroatoms. The van der Waals surface area contributed by atoms with E-state index in [1.54, 1.807) is 24.3 Å². The highest BCUT2D eigenvalue weighted by atomic mass is 16.5. The van der Waals surface area contributed by atoms with Gasteiger partial charge in [-0.05, 0) is 68.1 Å². The highest BCUT2D eigenvalue weighted by molar-refractivity contribution is 5.67. The molecule has 1 aliphatic rings. The summed E-state index contributed by atoms with van der Waals surface area (Å²) in [6.45, 7) is 7.26. The number of alkyl carbamates (subject to hydrolysis) is 1. The van der Waals surface area contributed by atoms with Gasteiger partial charge in [-0.3, -0.25) is 0 Å². The van der Waals surface area contributed by atoms with Gasteiger partial charge in [0.05, 0.1) is 19.8 Å². The second kappa shape index (κ2) is 12.6. The summed E-state index contributed by atoms with van der Waals surface area (Å²) >= 11 is 0. The lowest BCUT2D eigenvalue weighted by atomic mass is 10.1. The second-order valence-corrected chi connectivity index (χ2v) is 7.34. The van der Waals surface area contributed by atoms with Gasteiger partial charge < -0.3 is 24.8 Å². The number of amides is 1. The first-order chi connectivity index (χ1) is 14.5. The number of methoxy groups -OCH3 is 1. The molecule has 0 spiro atoms. The molecule has 1 aliphatic heterocycles. The number of unbranched alkanes of at least 4 members (excludes halogenated alkanes) is 1. The van der Waals surface area contributed by atoms with E-state index >= 15 is 0 Å². The molecular formula is C24H34N2O4. The number of carbonyl (C=O) groups is 1. The summed E-state index contributed by atoms with van der Waals surface area (Å²) in [6.07, 6.45) is 4.51. The van der Waals surface area contributed by atoms with E-state index in [-0.39, 0.29) is 11.8 Å². The van der Waals surface area contributed by atoms with E-state index < -0.39 is 6.09 Å². The van der Waals surface area contributed by atoms with E-state index in [0.29, 0.717) is 0 Å². The van der Waals surface area contributed by atoms with Gasteiger partial charge in [0.25, 0.3) is 0 Å². The van der Waals surface area contributed by atoms with Crippen LogP contribution >= 0.6 is 0 Å². The van der Waals surface area contributed by atoms with Crippen LogP contribution in [0.5, 0.6) is 11.5 Å². The molecule has 6 nitrogen and oxygen atoms in total. The summed E-state index contributed by atoms with van der Waals surface area (Å²) in [5.41, 5.74) is 2.24. The number of phenolic OH excluding ortho intramolecular Hbond substituents is 1. The molecule has 0 saturated carbocycles. The van der Waals surface area contributed by atoms with Crippen LogP contribution < -0.4 is 15.0 Å². The highest BCUT2D eigenvalue weighted by Gasteiger charge is 2.11. The van der Waals surface area contributed by atoms with E-state index in [1.165, 1.54) is 45.1 Å². The predicted molar refractivity (Wildman–Crippen MR) is 120 cm³/mol. The first-order valence-corrected chi connectivity index (χ1v) is 10.6. The van der Waals surface area contributed by atoms with Crippen molar-refractivity contribution in [2.75, 3.05) is 31.7 Å². The summed E-state index contributed by atoms with van der Waals surface area (Å²) < 4.78 is 10.1. The molecule has 0 aliphatic carbocycles. The average molecular weight is 415 g/mol. The summed E-state index contributed by atoms with van der Waals surface area (Å²) in [4.78, 5) is 13.3. The molecule has 1 amide bonds. The lowest BCUT2D eigenvalue weighted by Gasteiger charge is -2.17. The molecule has 0 aromatic heterocycles. The second-order valence-electron chi connectivity index (χ2n) is 7.34. The molecule has 1 fully saturated rings. The van der Waals surface area contributed by atoms with Crippen LogP contribution in [-0.4, -0.2) is 38.0 Å². The maximum Gasteiger partial charge on any atom is 0.407 e. The number of aromatic hydroxyl groups is 1. The van der Waals surface area contributed by atoms with Crippen LogP contribution in [0.25, 0.3) is 0 Å². The van der Waals surface area contributed by atoms with Crippen molar-refractivity contribution < 1.29 is 19.4 Å². The molecule has 30 heavy (non-hydrogen) atoms. The molecule has 2 aromatic rings. The first-order valence-electron chi connectivity index (χ1n) is 10.6. The van der Waals surface area contributed by atoms with Gasteiger partial charge in [-0.1, -0.05) is 25.5 Å². The number of benzene rings is 2. The number of hydrogen-bond acceptors (Lipinski definition) is 5. The lowest BCUT2D eigenvalue weighted by molar-refractivity contribution is 0.167. The molecule has 1 heterocycles. The van der Waals surface area contributed by atoms with E-state index in [2.05, 4.69) is 46.1 Å². The first kappa shape index (κ1) is 23.4. The van der Waals surface area contributed by atoms with Crippen molar-refractivity contribution in [1.82, 2.24) is 5.32 Å². The van der Waals surface area contributed by atoms with Gasteiger partial charge in [0.2, 0.25) is 0 Å². The molecule has 2 N–H and O–H groups in total. The van der Waals surface area contributed by atoms with Crippen molar-refractivity contribution >= 4 is 11.8 Å². The summed E-state index contributed by atoms with van der Waals surface area (Å²) in [7, 11) is 1.32. The molecule has 1 unspecified atom stereocenters. The van der Waals surface area contributed by atoms with Crippen molar-refractivity contribution in [3.05, 3.63) is 54.1 Å². The SMILES string of the molecule is CCCCOc1ccc(N2CCCC2)cc1.COC(=O)NC(C)c1ccc(O)cc1. The molecule has 0 bridgehead atoms. The summed E-state index contributed by atoms with van der Waals surface area (Å²) in [5, 5.41) is 11.7. The Hall–Kier alpha value is -2.89. The Morgan fingerprint density at radius 2 is 1.73 bits per heavy atom. The fraction of sp³-hybridized carbons (Fsp3) is 0.458. The maximum atomic E-state index is 10.9. The van der Waals surface area contributed by atoms with Crippen molar-refractivity contribution in [3.8, 4) is 11.5 Å². The quantitative estimate of drug-likeness (QED) is 0.604. The van der Waals surface area contributed by atoms with Crippen LogP contribution in [-0.2, 0) is 4.74 Å². The van der Waals surface area contributed by atoms with Gasteiger partial charge in [-0.15, -0.1) is 0 Å². The minimum Gasteiger partial charge on any atom is -0.508 e. The Kier molecular flexibility index (Phi) is 9.84. The van der Waals surface area contributed by atoms with Crippen LogP contribution in [0.2, 0.25) is 0 Å². The van der Waals surface area contributed by atoms with Crippen LogP contribution in [0.3, 0.4) is 0 Å². The van der Waals surface area contributed by atoms with Crippen LogP contribution in [0.15, 0.2) is 48.5 Å². The smallest absolute Gasteiger partial charge is 0.407 e. The van der Waals surface area contributed by atoms with Crippen molar-refractivity contribution in [2.24, 2.45) is 0 Å². The minimum absolute atomic E-state index is 0.136. The topological polar surface area (TPSA) is 71.0 Å². The number of phenols is 1. The van der Waals surface area contributed by atoms with Crippen LogP contribution in [0, 0.1) is 0 Å². The Morgan fingerprint density at radius 3 is 2.30 bits per heavy atom. The van der Waals surface area contributed by atoms with Crippen molar-refractivity contribution in [1.29, 1.82) is 0 Å². The average Bonchev–Trinajstić information content (AvgIpc) is 3.30. The van der Waals surface area contributed by atoms with E-state index in [4.69, 9.17) is 9.84 Å². The Bertz CT molecular complexity index is 741. The Labute approximate surface area is 179 Å². The number of nitrogens with one attached hydrogen (secondary N) is 1. The van der Waals surface area contributed by atoms with E-state index in [9.17, 15) is 4.79 Å². The minimum atomic E-state index is -0.467. The van der Waals surface area contributed by atoms with Crippen molar-refractivity contribution in [2.45, 2.75) is 45.6 Å². The third-order valence-electron chi connectivity index (χ3n) is 4.99. The Balaban J connectivity index is 0.000000216.